The zero-order valence-electron chi connectivity index (χ0n) is 13.1. The molecule has 0 atom stereocenters. The van der Waals surface area contributed by atoms with E-state index in [9.17, 15) is 4.79 Å². The lowest BCUT2D eigenvalue weighted by molar-refractivity contribution is 0.0970. The molecule has 0 spiro atoms. The second-order valence-corrected chi connectivity index (χ2v) is 8.07. The van der Waals surface area contributed by atoms with Gasteiger partial charge in [0, 0.05) is 34.0 Å². The maximum absolute atomic E-state index is 12.0. The molecule has 0 aliphatic heterocycles. The Hall–Kier alpha value is -1.27. The number of benzene rings is 1. The number of hydrogen-bond acceptors (Lipinski definition) is 4. The summed E-state index contributed by atoms with van der Waals surface area (Å²) in [5.41, 5.74) is 0.549. The third-order valence-electron chi connectivity index (χ3n) is 2.93. The van der Waals surface area contributed by atoms with Gasteiger partial charge in [-0.1, -0.05) is 17.7 Å². The van der Waals surface area contributed by atoms with Gasteiger partial charge < -0.3 is 10.2 Å². The van der Waals surface area contributed by atoms with Crippen LogP contribution in [0.25, 0.3) is 6.08 Å². The highest BCUT2D eigenvalue weighted by atomic mass is 35.5. The Balaban J connectivity index is 1.84. The molecule has 1 heterocycles. The molecule has 1 aromatic heterocycles. The first-order valence-electron chi connectivity index (χ1n) is 7.15. The van der Waals surface area contributed by atoms with E-state index in [1.54, 1.807) is 41.8 Å². The summed E-state index contributed by atoms with van der Waals surface area (Å²) in [5, 5.41) is 3.31. The van der Waals surface area contributed by atoms with E-state index in [0.29, 0.717) is 10.6 Å². The average molecular weight is 367 g/mol. The van der Waals surface area contributed by atoms with Crippen molar-refractivity contribution in [2.75, 3.05) is 26.4 Å². The summed E-state index contributed by atoms with van der Waals surface area (Å²) < 4.78 is 1.28. The van der Waals surface area contributed by atoms with E-state index in [2.05, 4.69) is 36.4 Å². The zero-order chi connectivity index (χ0) is 16.7. The Kier molecular flexibility index (Phi) is 7.17. The predicted octanol–water partition coefficient (Wildman–Crippen LogP) is 4.46. The van der Waals surface area contributed by atoms with E-state index < -0.39 is 0 Å². The van der Waals surface area contributed by atoms with Gasteiger partial charge in [0.25, 0.3) is 5.91 Å². The first-order valence-corrected chi connectivity index (χ1v) is 9.33. The molecule has 23 heavy (non-hydrogen) atoms. The van der Waals surface area contributed by atoms with Crippen molar-refractivity contribution >= 4 is 46.7 Å². The van der Waals surface area contributed by atoms with Gasteiger partial charge in [-0.05, 0) is 50.5 Å². The fourth-order valence-electron chi connectivity index (χ4n) is 1.74. The van der Waals surface area contributed by atoms with Crippen LogP contribution in [0.5, 0.6) is 0 Å². The third-order valence-corrected chi connectivity index (χ3v) is 5.42. The van der Waals surface area contributed by atoms with Crippen LogP contribution in [0.1, 0.15) is 15.2 Å². The van der Waals surface area contributed by atoms with Gasteiger partial charge in [-0.15, -0.1) is 23.1 Å². The summed E-state index contributed by atoms with van der Waals surface area (Å²) in [6.07, 6.45) is 3.58. The van der Waals surface area contributed by atoms with Crippen molar-refractivity contribution in [1.82, 2.24) is 10.2 Å². The van der Waals surface area contributed by atoms with E-state index in [1.807, 2.05) is 17.8 Å². The predicted molar refractivity (Wildman–Crippen MR) is 102 cm³/mol. The van der Waals surface area contributed by atoms with Gasteiger partial charge in [-0.25, -0.2) is 0 Å². The van der Waals surface area contributed by atoms with Crippen LogP contribution in [0, 0.1) is 0 Å². The largest absolute Gasteiger partial charge is 0.329 e. The first kappa shape index (κ1) is 18.1. The molecular formula is C17H19ClN2OS2. The molecule has 1 N–H and O–H groups in total. The molecule has 0 saturated carbocycles. The van der Waals surface area contributed by atoms with Crippen molar-refractivity contribution < 1.29 is 4.79 Å². The molecule has 0 saturated heterocycles. The standard InChI is InChI=1S/C17H19ClN2OS2/c1-20(2)10-11-22-16-7-6-15(23-16)8-9-19-17(21)13-4-3-5-14(18)12-13/h3-9,12H,10-11H2,1-2H3,(H,19,21)/b9-8+. The number of thioether (sulfide) groups is 1. The van der Waals surface area contributed by atoms with Crippen LogP contribution in [0.15, 0.2) is 46.8 Å². The number of halogens is 1. The quantitative estimate of drug-likeness (QED) is 0.734. The molecule has 2 rings (SSSR count). The van der Waals surface area contributed by atoms with Crippen LogP contribution in [-0.2, 0) is 0 Å². The topological polar surface area (TPSA) is 32.3 Å². The maximum Gasteiger partial charge on any atom is 0.255 e. The van der Waals surface area contributed by atoms with E-state index in [1.165, 1.54) is 4.21 Å². The molecule has 0 aliphatic rings. The number of amides is 1. The lowest BCUT2D eigenvalue weighted by Crippen LogP contribution is -2.16. The molecule has 3 nitrogen and oxygen atoms in total. The minimum absolute atomic E-state index is 0.166. The van der Waals surface area contributed by atoms with E-state index in [4.69, 9.17) is 11.6 Å². The minimum atomic E-state index is -0.166. The Morgan fingerprint density at radius 1 is 1.35 bits per heavy atom. The SMILES string of the molecule is CN(C)CCSc1ccc(/C=C/NC(=O)c2cccc(Cl)c2)s1. The maximum atomic E-state index is 12.0. The fraction of sp³-hybridized carbons (Fsp3) is 0.235. The highest BCUT2D eigenvalue weighted by molar-refractivity contribution is 8.01. The van der Waals surface area contributed by atoms with Crippen molar-refractivity contribution in [2.45, 2.75) is 4.21 Å². The molecule has 0 fully saturated rings. The summed E-state index contributed by atoms with van der Waals surface area (Å²) in [7, 11) is 4.15. The fourth-order valence-corrected chi connectivity index (χ4v) is 4.17. The summed E-state index contributed by atoms with van der Waals surface area (Å²) >= 11 is 9.45. The summed E-state index contributed by atoms with van der Waals surface area (Å²) in [6, 6.07) is 11.1. The number of rotatable bonds is 7. The molecule has 0 bridgehead atoms. The number of nitrogens with zero attached hydrogens (tertiary/aromatic N) is 1. The molecule has 122 valence electrons. The lowest BCUT2D eigenvalue weighted by atomic mass is 10.2. The Bertz CT molecular complexity index is 683. The number of carbonyl (C=O) groups is 1. The normalized spacial score (nSPS) is 11.3. The van der Waals surface area contributed by atoms with Crippen molar-refractivity contribution in [3.8, 4) is 0 Å². The molecule has 0 unspecified atom stereocenters. The summed E-state index contributed by atoms with van der Waals surface area (Å²) in [6.45, 7) is 1.06. The van der Waals surface area contributed by atoms with Crippen LogP contribution in [-0.4, -0.2) is 37.2 Å². The second kappa shape index (κ2) is 9.13. The Labute approximate surface area is 150 Å². The van der Waals surface area contributed by atoms with Crippen molar-refractivity contribution in [3.63, 3.8) is 0 Å². The van der Waals surface area contributed by atoms with Gasteiger partial charge in [0.1, 0.15) is 0 Å². The monoisotopic (exact) mass is 366 g/mol. The molecule has 0 radical (unpaired) electrons. The highest BCUT2D eigenvalue weighted by Crippen LogP contribution is 2.27. The van der Waals surface area contributed by atoms with Crippen LogP contribution >= 0.6 is 34.7 Å². The molecule has 1 aromatic carbocycles. The van der Waals surface area contributed by atoms with Gasteiger partial charge in [-0.3, -0.25) is 4.79 Å². The van der Waals surface area contributed by atoms with Crippen molar-refractivity contribution in [1.29, 1.82) is 0 Å². The Morgan fingerprint density at radius 2 is 2.17 bits per heavy atom. The third kappa shape index (κ3) is 6.39. The van der Waals surface area contributed by atoms with E-state index in [-0.39, 0.29) is 5.91 Å². The Morgan fingerprint density at radius 3 is 2.91 bits per heavy atom. The molecule has 1 amide bonds. The van der Waals surface area contributed by atoms with Gasteiger partial charge in [0.2, 0.25) is 0 Å². The van der Waals surface area contributed by atoms with Crippen LogP contribution < -0.4 is 5.32 Å². The van der Waals surface area contributed by atoms with Gasteiger partial charge >= 0.3 is 0 Å². The van der Waals surface area contributed by atoms with Gasteiger partial charge in [0.15, 0.2) is 0 Å². The smallest absolute Gasteiger partial charge is 0.255 e. The van der Waals surface area contributed by atoms with E-state index >= 15 is 0 Å². The summed E-state index contributed by atoms with van der Waals surface area (Å²) in [5.74, 6) is 0.906. The van der Waals surface area contributed by atoms with Crippen LogP contribution in [0.2, 0.25) is 5.02 Å². The second-order valence-electron chi connectivity index (χ2n) is 5.13. The number of carbonyl (C=O) groups excluding carboxylic acids is 1. The number of thiophene rings is 1. The average Bonchev–Trinajstić information content (AvgIpc) is 2.94. The molecular weight excluding hydrogens is 348 g/mol. The van der Waals surface area contributed by atoms with Gasteiger partial charge in [0.05, 0.1) is 4.21 Å². The lowest BCUT2D eigenvalue weighted by Gasteiger charge is -2.07. The number of hydrogen-bond donors (Lipinski definition) is 1. The van der Waals surface area contributed by atoms with Gasteiger partial charge in [-0.2, -0.15) is 0 Å². The molecule has 6 heteroatoms. The first-order chi connectivity index (χ1) is 11.0. The minimum Gasteiger partial charge on any atom is -0.329 e. The summed E-state index contributed by atoms with van der Waals surface area (Å²) in [4.78, 5) is 15.3. The highest BCUT2D eigenvalue weighted by Gasteiger charge is 2.03. The van der Waals surface area contributed by atoms with Crippen LogP contribution in [0.3, 0.4) is 0 Å². The number of nitrogens with one attached hydrogen (secondary N) is 1. The van der Waals surface area contributed by atoms with Crippen molar-refractivity contribution in [2.24, 2.45) is 0 Å². The molecule has 2 aromatic rings. The van der Waals surface area contributed by atoms with Crippen LogP contribution in [0.4, 0.5) is 0 Å². The van der Waals surface area contributed by atoms with Crippen molar-refractivity contribution in [3.05, 3.63) is 58.1 Å². The molecule has 0 aliphatic carbocycles. The van der Waals surface area contributed by atoms with E-state index in [0.717, 1.165) is 17.2 Å². The zero-order valence-corrected chi connectivity index (χ0v) is 15.5.